The lowest BCUT2D eigenvalue weighted by molar-refractivity contribution is -0.119. The standard InChI is InChI=1S/C22H27N3O3S2/c1-15(2)30(27,28)25-21(26)11-12-23-18-8-4-5-9-19(18)24-13-17-14-29-20-10-6-7-16(3)22(17)20/h4-10,14-15,23-24H,11-13H2,1-3H3,(H,25,26). The normalized spacial score (nSPS) is 11.6. The summed E-state index contributed by atoms with van der Waals surface area (Å²) in [5.74, 6) is -0.512. The molecule has 0 fully saturated rings. The van der Waals surface area contributed by atoms with E-state index in [2.05, 4.69) is 45.9 Å². The van der Waals surface area contributed by atoms with Crippen molar-refractivity contribution in [1.29, 1.82) is 0 Å². The predicted molar refractivity (Wildman–Crippen MR) is 126 cm³/mol. The molecule has 0 aliphatic carbocycles. The highest BCUT2D eigenvalue weighted by Crippen LogP contribution is 2.30. The molecule has 0 aliphatic rings. The molecule has 8 heteroatoms. The second-order valence-corrected chi connectivity index (χ2v) is 10.6. The molecule has 1 aromatic heterocycles. The number of aryl methyl sites for hydroxylation is 1. The van der Waals surface area contributed by atoms with Crippen molar-refractivity contribution in [2.24, 2.45) is 0 Å². The summed E-state index contributed by atoms with van der Waals surface area (Å²) in [4.78, 5) is 11.9. The number of amides is 1. The Labute approximate surface area is 181 Å². The van der Waals surface area contributed by atoms with E-state index in [0.717, 1.165) is 11.4 Å². The van der Waals surface area contributed by atoms with E-state index >= 15 is 0 Å². The molecule has 2 aromatic carbocycles. The van der Waals surface area contributed by atoms with Gasteiger partial charge in [-0.05, 0) is 55.5 Å². The molecule has 1 heterocycles. The molecule has 0 aliphatic heterocycles. The molecular formula is C22H27N3O3S2. The van der Waals surface area contributed by atoms with Crippen molar-refractivity contribution in [3.05, 3.63) is 59.0 Å². The van der Waals surface area contributed by atoms with Crippen LogP contribution in [-0.4, -0.2) is 26.1 Å². The van der Waals surface area contributed by atoms with Crippen LogP contribution in [-0.2, 0) is 21.4 Å². The van der Waals surface area contributed by atoms with Gasteiger partial charge in [-0.25, -0.2) is 8.42 Å². The van der Waals surface area contributed by atoms with Crippen LogP contribution in [0.3, 0.4) is 0 Å². The number of hydrogen-bond acceptors (Lipinski definition) is 6. The zero-order valence-electron chi connectivity index (χ0n) is 17.4. The number of para-hydroxylation sites is 2. The summed E-state index contributed by atoms with van der Waals surface area (Å²) < 4.78 is 26.9. The van der Waals surface area contributed by atoms with Crippen LogP contribution in [0.4, 0.5) is 11.4 Å². The lowest BCUT2D eigenvalue weighted by Gasteiger charge is -2.14. The van der Waals surface area contributed by atoms with E-state index in [9.17, 15) is 13.2 Å². The van der Waals surface area contributed by atoms with Crippen molar-refractivity contribution < 1.29 is 13.2 Å². The molecule has 0 bridgehead atoms. The molecule has 1 amide bonds. The highest BCUT2D eigenvalue weighted by Gasteiger charge is 2.18. The first-order valence-electron chi connectivity index (χ1n) is 9.85. The predicted octanol–water partition coefficient (Wildman–Crippen LogP) is 4.48. The molecule has 0 saturated heterocycles. The molecule has 0 saturated carbocycles. The van der Waals surface area contributed by atoms with Crippen LogP contribution in [0.2, 0.25) is 0 Å². The molecule has 3 N–H and O–H groups in total. The van der Waals surface area contributed by atoms with Crippen molar-refractivity contribution in [3.8, 4) is 0 Å². The van der Waals surface area contributed by atoms with Crippen LogP contribution < -0.4 is 15.4 Å². The van der Waals surface area contributed by atoms with Crippen LogP contribution in [0.15, 0.2) is 47.8 Å². The maximum Gasteiger partial charge on any atom is 0.237 e. The third kappa shape index (κ3) is 5.31. The lowest BCUT2D eigenvalue weighted by Crippen LogP contribution is -2.36. The Morgan fingerprint density at radius 2 is 1.73 bits per heavy atom. The maximum atomic E-state index is 11.9. The molecular weight excluding hydrogens is 418 g/mol. The molecule has 0 atom stereocenters. The quantitative estimate of drug-likeness (QED) is 0.452. The minimum absolute atomic E-state index is 0.0641. The Kier molecular flexibility index (Phi) is 6.99. The summed E-state index contributed by atoms with van der Waals surface area (Å²) in [6.45, 7) is 6.22. The number of sulfonamides is 1. The highest BCUT2D eigenvalue weighted by atomic mass is 32.2. The van der Waals surface area contributed by atoms with Crippen molar-refractivity contribution in [3.63, 3.8) is 0 Å². The first-order chi connectivity index (χ1) is 14.3. The Morgan fingerprint density at radius 3 is 2.43 bits per heavy atom. The van der Waals surface area contributed by atoms with Crippen molar-refractivity contribution in [2.75, 3.05) is 17.2 Å². The molecule has 160 valence electrons. The van der Waals surface area contributed by atoms with Gasteiger partial charge in [-0.15, -0.1) is 11.3 Å². The summed E-state index contributed by atoms with van der Waals surface area (Å²) >= 11 is 1.74. The third-order valence-electron chi connectivity index (χ3n) is 4.82. The zero-order chi connectivity index (χ0) is 21.7. The average molecular weight is 446 g/mol. The second-order valence-electron chi connectivity index (χ2n) is 7.40. The fourth-order valence-corrected chi connectivity index (χ4v) is 4.79. The van der Waals surface area contributed by atoms with Crippen LogP contribution in [0, 0.1) is 6.92 Å². The van der Waals surface area contributed by atoms with Crippen LogP contribution in [0.1, 0.15) is 31.4 Å². The molecule has 0 unspecified atom stereocenters. The summed E-state index contributed by atoms with van der Waals surface area (Å²) in [5.41, 5.74) is 4.31. The van der Waals surface area contributed by atoms with E-state index in [1.165, 1.54) is 35.1 Å². The summed E-state index contributed by atoms with van der Waals surface area (Å²) in [6, 6.07) is 14.1. The number of nitrogens with one attached hydrogen (secondary N) is 3. The fraction of sp³-hybridized carbons (Fsp3) is 0.318. The summed E-state index contributed by atoms with van der Waals surface area (Å²) in [7, 11) is -3.59. The number of anilines is 2. The molecule has 3 rings (SSSR count). The number of carbonyl (C=O) groups is 1. The Morgan fingerprint density at radius 1 is 1.03 bits per heavy atom. The molecule has 30 heavy (non-hydrogen) atoms. The molecule has 0 spiro atoms. The Balaban J connectivity index is 1.60. The number of hydrogen-bond donors (Lipinski definition) is 3. The van der Waals surface area contributed by atoms with Gasteiger partial charge in [0.05, 0.1) is 16.6 Å². The lowest BCUT2D eigenvalue weighted by atomic mass is 10.1. The van der Waals surface area contributed by atoms with Gasteiger partial charge < -0.3 is 10.6 Å². The molecule has 3 aromatic rings. The number of thiophene rings is 1. The van der Waals surface area contributed by atoms with Crippen LogP contribution >= 0.6 is 11.3 Å². The fourth-order valence-electron chi connectivity index (χ4n) is 3.09. The van der Waals surface area contributed by atoms with Crippen molar-refractivity contribution >= 4 is 48.7 Å². The zero-order valence-corrected chi connectivity index (χ0v) is 19.0. The number of benzene rings is 2. The molecule has 6 nitrogen and oxygen atoms in total. The van der Waals surface area contributed by atoms with E-state index in [1.807, 2.05) is 24.3 Å². The smallest absolute Gasteiger partial charge is 0.237 e. The van der Waals surface area contributed by atoms with Crippen LogP contribution in [0.25, 0.3) is 10.1 Å². The van der Waals surface area contributed by atoms with E-state index in [-0.39, 0.29) is 6.42 Å². The first-order valence-corrected chi connectivity index (χ1v) is 12.3. The number of carbonyl (C=O) groups excluding carboxylic acids is 1. The summed E-state index contributed by atoms with van der Waals surface area (Å²) in [5, 5.41) is 9.53. The van der Waals surface area contributed by atoms with E-state index in [4.69, 9.17) is 0 Å². The van der Waals surface area contributed by atoms with Gasteiger partial charge in [0.25, 0.3) is 0 Å². The van der Waals surface area contributed by atoms with Gasteiger partial charge >= 0.3 is 0 Å². The highest BCUT2D eigenvalue weighted by molar-refractivity contribution is 7.90. The largest absolute Gasteiger partial charge is 0.383 e. The van der Waals surface area contributed by atoms with Gasteiger partial charge in [0.2, 0.25) is 15.9 Å². The van der Waals surface area contributed by atoms with E-state index < -0.39 is 21.2 Å². The topological polar surface area (TPSA) is 87.3 Å². The van der Waals surface area contributed by atoms with Crippen molar-refractivity contribution in [2.45, 2.75) is 39.0 Å². The molecule has 0 radical (unpaired) electrons. The Bertz CT molecular complexity index is 1140. The van der Waals surface area contributed by atoms with Crippen molar-refractivity contribution in [1.82, 2.24) is 4.72 Å². The SMILES string of the molecule is Cc1cccc2scc(CNc3ccccc3NCCC(=O)NS(=O)(=O)C(C)C)c12. The average Bonchev–Trinajstić information content (AvgIpc) is 3.11. The summed E-state index contributed by atoms with van der Waals surface area (Å²) in [6.07, 6.45) is 0.0641. The maximum absolute atomic E-state index is 11.9. The monoisotopic (exact) mass is 445 g/mol. The first kappa shape index (κ1) is 22.1. The minimum Gasteiger partial charge on any atom is -0.383 e. The third-order valence-corrected chi connectivity index (χ3v) is 7.57. The van der Waals surface area contributed by atoms with Gasteiger partial charge in [-0.3, -0.25) is 9.52 Å². The van der Waals surface area contributed by atoms with Gasteiger partial charge in [-0.1, -0.05) is 24.3 Å². The van der Waals surface area contributed by atoms with Gasteiger partial charge in [0, 0.05) is 29.6 Å². The Hall–Kier alpha value is -2.58. The second kappa shape index (κ2) is 9.49. The minimum atomic E-state index is -3.59. The van der Waals surface area contributed by atoms with Crippen LogP contribution in [0.5, 0.6) is 0 Å². The number of rotatable bonds is 9. The van der Waals surface area contributed by atoms with E-state index in [0.29, 0.717) is 13.1 Å². The number of fused-ring (bicyclic) bond motifs is 1. The van der Waals surface area contributed by atoms with Gasteiger partial charge in [-0.2, -0.15) is 0 Å². The van der Waals surface area contributed by atoms with Gasteiger partial charge in [0.1, 0.15) is 0 Å². The van der Waals surface area contributed by atoms with E-state index in [1.54, 1.807) is 11.3 Å². The van der Waals surface area contributed by atoms with Gasteiger partial charge in [0.15, 0.2) is 0 Å².